The zero-order valence-electron chi connectivity index (χ0n) is 10.8. The largest absolute Gasteiger partial charge is 0.488 e. The molecule has 1 heterocycles. The molecule has 1 atom stereocenters. The molecule has 3 heteroatoms. The molecule has 0 bridgehead atoms. The fourth-order valence-corrected chi connectivity index (χ4v) is 2.34. The molecule has 0 saturated carbocycles. The number of hydrogen-bond acceptors (Lipinski definition) is 3. The second kappa shape index (κ2) is 5.03. The van der Waals surface area contributed by atoms with Gasteiger partial charge in [0, 0.05) is 0 Å². The van der Waals surface area contributed by atoms with Crippen molar-refractivity contribution in [3.63, 3.8) is 0 Å². The minimum absolute atomic E-state index is 0.444. The molecular formula is C16H16O3. The predicted molar refractivity (Wildman–Crippen MR) is 71.7 cm³/mol. The van der Waals surface area contributed by atoms with Gasteiger partial charge in [0.2, 0.25) is 0 Å². The SMILES string of the molecule is Cc1cc2c(c(OCc3ccccc3)c1)C(O)OC2. The molecule has 1 unspecified atom stereocenters. The number of ether oxygens (including phenoxy) is 2. The first kappa shape index (κ1) is 12.2. The average molecular weight is 256 g/mol. The molecule has 0 fully saturated rings. The lowest BCUT2D eigenvalue weighted by Gasteiger charge is -2.13. The van der Waals surface area contributed by atoms with Gasteiger partial charge in [0.15, 0.2) is 6.29 Å². The Hall–Kier alpha value is -1.84. The van der Waals surface area contributed by atoms with E-state index >= 15 is 0 Å². The Bertz CT molecular complexity index is 578. The number of hydrogen-bond donors (Lipinski definition) is 1. The fraction of sp³-hybridized carbons (Fsp3) is 0.250. The summed E-state index contributed by atoms with van der Waals surface area (Å²) in [6.45, 7) is 2.95. The van der Waals surface area contributed by atoms with Crippen molar-refractivity contribution in [3.8, 4) is 5.75 Å². The van der Waals surface area contributed by atoms with E-state index < -0.39 is 6.29 Å². The minimum Gasteiger partial charge on any atom is -0.488 e. The van der Waals surface area contributed by atoms with Crippen LogP contribution in [0.25, 0.3) is 0 Å². The first-order chi connectivity index (χ1) is 9.24. The molecule has 3 nitrogen and oxygen atoms in total. The van der Waals surface area contributed by atoms with Crippen molar-refractivity contribution in [3.05, 3.63) is 64.7 Å². The van der Waals surface area contributed by atoms with Crippen LogP contribution in [-0.4, -0.2) is 5.11 Å². The summed E-state index contributed by atoms with van der Waals surface area (Å²) in [5.41, 5.74) is 3.99. The van der Waals surface area contributed by atoms with Gasteiger partial charge in [-0.25, -0.2) is 0 Å². The third-order valence-electron chi connectivity index (χ3n) is 3.25. The van der Waals surface area contributed by atoms with Crippen molar-refractivity contribution in [1.82, 2.24) is 0 Å². The summed E-state index contributed by atoms with van der Waals surface area (Å²) in [7, 11) is 0. The average Bonchev–Trinajstić information content (AvgIpc) is 2.79. The topological polar surface area (TPSA) is 38.7 Å². The normalized spacial score (nSPS) is 17.3. The van der Waals surface area contributed by atoms with Crippen LogP contribution >= 0.6 is 0 Å². The van der Waals surface area contributed by atoms with Gasteiger partial charge in [0.25, 0.3) is 0 Å². The van der Waals surface area contributed by atoms with Gasteiger partial charge in [-0.1, -0.05) is 36.4 Å². The second-order valence-corrected chi connectivity index (χ2v) is 4.77. The molecular weight excluding hydrogens is 240 g/mol. The first-order valence-electron chi connectivity index (χ1n) is 6.34. The number of aryl methyl sites for hydroxylation is 1. The summed E-state index contributed by atoms with van der Waals surface area (Å²) in [5.74, 6) is 0.712. The van der Waals surface area contributed by atoms with Gasteiger partial charge in [0.1, 0.15) is 12.4 Å². The Kier molecular flexibility index (Phi) is 3.23. The maximum atomic E-state index is 9.85. The Balaban J connectivity index is 1.85. The Morgan fingerprint density at radius 3 is 2.84 bits per heavy atom. The maximum Gasteiger partial charge on any atom is 0.185 e. The molecule has 1 aliphatic heterocycles. The lowest BCUT2D eigenvalue weighted by Crippen LogP contribution is -2.02. The molecule has 0 aliphatic carbocycles. The van der Waals surface area contributed by atoms with E-state index in [1.165, 1.54) is 0 Å². The van der Waals surface area contributed by atoms with Gasteiger partial charge in [-0.05, 0) is 29.7 Å². The monoisotopic (exact) mass is 256 g/mol. The highest BCUT2D eigenvalue weighted by Gasteiger charge is 2.25. The number of aliphatic hydroxyl groups excluding tert-OH is 1. The van der Waals surface area contributed by atoms with Crippen LogP contribution in [0.15, 0.2) is 42.5 Å². The van der Waals surface area contributed by atoms with Gasteiger partial charge in [0.05, 0.1) is 12.2 Å². The third-order valence-corrected chi connectivity index (χ3v) is 3.25. The Morgan fingerprint density at radius 2 is 2.05 bits per heavy atom. The Morgan fingerprint density at radius 1 is 1.26 bits per heavy atom. The van der Waals surface area contributed by atoms with E-state index in [1.54, 1.807) is 0 Å². The van der Waals surface area contributed by atoms with Gasteiger partial charge in [-0.15, -0.1) is 0 Å². The number of benzene rings is 2. The molecule has 0 spiro atoms. The van der Waals surface area contributed by atoms with E-state index in [2.05, 4.69) is 0 Å². The molecule has 19 heavy (non-hydrogen) atoms. The smallest absolute Gasteiger partial charge is 0.185 e. The summed E-state index contributed by atoms with van der Waals surface area (Å²) in [5, 5.41) is 9.85. The number of rotatable bonds is 3. The van der Waals surface area contributed by atoms with E-state index in [-0.39, 0.29) is 0 Å². The van der Waals surface area contributed by atoms with Crippen molar-refractivity contribution < 1.29 is 14.6 Å². The van der Waals surface area contributed by atoms with E-state index in [0.717, 1.165) is 22.3 Å². The quantitative estimate of drug-likeness (QED) is 0.917. The zero-order chi connectivity index (χ0) is 13.2. The highest BCUT2D eigenvalue weighted by Crippen LogP contribution is 2.37. The molecule has 0 amide bonds. The lowest BCUT2D eigenvalue weighted by molar-refractivity contribution is -0.0927. The van der Waals surface area contributed by atoms with Gasteiger partial charge < -0.3 is 14.6 Å². The van der Waals surface area contributed by atoms with Crippen LogP contribution in [0.5, 0.6) is 5.75 Å². The predicted octanol–water partition coefficient (Wildman–Crippen LogP) is 3.10. The van der Waals surface area contributed by atoms with Gasteiger partial charge >= 0.3 is 0 Å². The summed E-state index contributed by atoms with van der Waals surface area (Å²) in [6, 6.07) is 14.0. The first-order valence-corrected chi connectivity index (χ1v) is 6.34. The molecule has 98 valence electrons. The van der Waals surface area contributed by atoms with E-state index in [4.69, 9.17) is 9.47 Å². The van der Waals surface area contributed by atoms with Crippen molar-refractivity contribution in [2.45, 2.75) is 26.4 Å². The fourth-order valence-electron chi connectivity index (χ4n) is 2.34. The highest BCUT2D eigenvalue weighted by molar-refractivity contribution is 5.45. The standard InChI is InChI=1S/C16H16O3/c1-11-7-13-10-19-16(17)15(13)14(8-11)18-9-12-5-3-2-4-6-12/h2-8,16-17H,9-10H2,1H3. The number of fused-ring (bicyclic) bond motifs is 1. The van der Waals surface area contributed by atoms with Crippen molar-refractivity contribution in [2.75, 3.05) is 0 Å². The lowest BCUT2D eigenvalue weighted by atomic mass is 10.0. The van der Waals surface area contributed by atoms with Crippen LogP contribution in [0, 0.1) is 6.92 Å². The summed E-state index contributed by atoms with van der Waals surface area (Å²) < 4.78 is 11.1. The van der Waals surface area contributed by atoms with Crippen molar-refractivity contribution in [1.29, 1.82) is 0 Å². The molecule has 3 rings (SSSR count). The number of aliphatic hydroxyl groups is 1. The van der Waals surface area contributed by atoms with E-state index in [1.807, 2.05) is 49.4 Å². The van der Waals surface area contributed by atoms with Crippen LogP contribution in [-0.2, 0) is 18.0 Å². The summed E-state index contributed by atoms with van der Waals surface area (Å²) in [4.78, 5) is 0. The van der Waals surface area contributed by atoms with Crippen LogP contribution in [0.2, 0.25) is 0 Å². The van der Waals surface area contributed by atoms with E-state index in [0.29, 0.717) is 19.0 Å². The minimum atomic E-state index is -0.874. The van der Waals surface area contributed by atoms with Crippen LogP contribution in [0.3, 0.4) is 0 Å². The molecule has 2 aromatic rings. The van der Waals surface area contributed by atoms with Crippen LogP contribution in [0.1, 0.15) is 28.5 Å². The van der Waals surface area contributed by atoms with Gasteiger partial charge in [-0.3, -0.25) is 0 Å². The third kappa shape index (κ3) is 2.48. The molecule has 2 aromatic carbocycles. The second-order valence-electron chi connectivity index (χ2n) is 4.77. The van der Waals surface area contributed by atoms with E-state index in [9.17, 15) is 5.11 Å². The van der Waals surface area contributed by atoms with Crippen molar-refractivity contribution in [2.24, 2.45) is 0 Å². The van der Waals surface area contributed by atoms with Crippen LogP contribution in [0.4, 0.5) is 0 Å². The van der Waals surface area contributed by atoms with Crippen molar-refractivity contribution >= 4 is 0 Å². The molecule has 0 saturated heterocycles. The van der Waals surface area contributed by atoms with Gasteiger partial charge in [-0.2, -0.15) is 0 Å². The maximum absolute atomic E-state index is 9.85. The Labute approximate surface area is 112 Å². The molecule has 0 radical (unpaired) electrons. The molecule has 1 aliphatic rings. The molecule has 0 aromatic heterocycles. The summed E-state index contributed by atoms with van der Waals surface area (Å²) in [6.07, 6.45) is -0.874. The molecule has 1 N–H and O–H groups in total. The van der Waals surface area contributed by atoms with Crippen LogP contribution < -0.4 is 4.74 Å². The zero-order valence-corrected chi connectivity index (χ0v) is 10.8. The highest BCUT2D eigenvalue weighted by atomic mass is 16.6. The summed E-state index contributed by atoms with van der Waals surface area (Å²) >= 11 is 0.